The molecule has 0 spiro atoms. The summed E-state index contributed by atoms with van der Waals surface area (Å²) in [6.45, 7) is 10.3. The summed E-state index contributed by atoms with van der Waals surface area (Å²) in [5, 5.41) is 6.92. The maximum Gasteiger partial charge on any atom is 0.225 e. The Morgan fingerprint density at radius 3 is 2.58 bits per heavy atom. The minimum Gasteiger partial charge on any atom is -0.355 e. The molecule has 0 aromatic heterocycles. The van der Waals surface area contributed by atoms with Crippen LogP contribution in [0.2, 0.25) is 0 Å². The van der Waals surface area contributed by atoms with Crippen LogP contribution in [0.1, 0.15) is 58.8 Å². The summed E-state index contributed by atoms with van der Waals surface area (Å²) in [6.07, 6.45) is 8.10. The maximum absolute atomic E-state index is 12.7. The molecule has 26 heavy (non-hydrogen) atoms. The summed E-state index contributed by atoms with van der Waals surface area (Å²) in [5.74, 6) is 1.52. The Hall–Kier alpha value is -1.30. The molecule has 150 valence electrons. The van der Waals surface area contributed by atoms with Crippen molar-refractivity contribution >= 4 is 11.9 Å². The zero-order valence-electron chi connectivity index (χ0n) is 17.1. The van der Waals surface area contributed by atoms with Crippen molar-refractivity contribution in [3.8, 4) is 0 Å². The fraction of sp³-hybridized carbons (Fsp3) is 0.900. The highest BCUT2D eigenvalue weighted by atomic mass is 16.2. The van der Waals surface area contributed by atoms with Gasteiger partial charge in [-0.25, -0.2) is 0 Å². The number of guanidine groups is 1. The number of carbonyl (C=O) groups is 1. The van der Waals surface area contributed by atoms with Crippen molar-refractivity contribution in [3.63, 3.8) is 0 Å². The number of carbonyl (C=O) groups excluding carboxylic acids is 1. The Labute approximate surface area is 159 Å². The van der Waals surface area contributed by atoms with Crippen LogP contribution in [0, 0.1) is 5.92 Å². The Morgan fingerprint density at radius 1 is 1.15 bits per heavy atom. The van der Waals surface area contributed by atoms with E-state index in [0.29, 0.717) is 11.9 Å². The Balaban J connectivity index is 1.71. The van der Waals surface area contributed by atoms with Gasteiger partial charge in [-0.3, -0.25) is 9.79 Å². The largest absolute Gasteiger partial charge is 0.355 e. The van der Waals surface area contributed by atoms with E-state index in [1.807, 2.05) is 7.05 Å². The van der Waals surface area contributed by atoms with Gasteiger partial charge in [-0.1, -0.05) is 33.1 Å². The quantitative estimate of drug-likeness (QED) is 0.511. The van der Waals surface area contributed by atoms with Crippen molar-refractivity contribution in [3.05, 3.63) is 0 Å². The van der Waals surface area contributed by atoms with Crippen molar-refractivity contribution in [2.75, 3.05) is 46.3 Å². The fourth-order valence-electron chi connectivity index (χ4n) is 4.15. The Morgan fingerprint density at radius 2 is 1.92 bits per heavy atom. The number of nitrogens with one attached hydrogen (secondary N) is 2. The minimum absolute atomic E-state index is 0.276. The fourth-order valence-corrected chi connectivity index (χ4v) is 4.15. The number of aliphatic imine (C=N–C) groups is 1. The van der Waals surface area contributed by atoms with Crippen molar-refractivity contribution in [2.45, 2.75) is 64.8 Å². The van der Waals surface area contributed by atoms with E-state index in [0.717, 1.165) is 64.5 Å². The van der Waals surface area contributed by atoms with E-state index in [1.165, 1.54) is 25.7 Å². The maximum atomic E-state index is 12.7. The average Bonchev–Trinajstić information content (AvgIpc) is 3.15. The highest BCUT2D eigenvalue weighted by Gasteiger charge is 2.31. The van der Waals surface area contributed by atoms with Crippen LogP contribution < -0.4 is 10.6 Å². The predicted octanol–water partition coefficient (Wildman–Crippen LogP) is 2.06. The van der Waals surface area contributed by atoms with Crippen LogP contribution in [0.25, 0.3) is 0 Å². The van der Waals surface area contributed by atoms with Gasteiger partial charge in [0.05, 0.1) is 0 Å². The molecule has 1 saturated carbocycles. The van der Waals surface area contributed by atoms with Gasteiger partial charge < -0.3 is 20.4 Å². The van der Waals surface area contributed by atoms with Crippen LogP contribution in [0.15, 0.2) is 4.99 Å². The Kier molecular flexibility index (Phi) is 9.23. The molecule has 0 radical (unpaired) electrons. The lowest BCUT2D eigenvalue weighted by Crippen LogP contribution is -2.47. The molecule has 1 aliphatic heterocycles. The van der Waals surface area contributed by atoms with Crippen molar-refractivity contribution in [1.82, 2.24) is 20.4 Å². The molecule has 1 aliphatic carbocycles. The molecule has 2 N–H and O–H groups in total. The molecule has 0 aromatic carbocycles. The van der Waals surface area contributed by atoms with E-state index in [-0.39, 0.29) is 5.92 Å². The zero-order valence-corrected chi connectivity index (χ0v) is 17.1. The van der Waals surface area contributed by atoms with Crippen LogP contribution in [0.4, 0.5) is 0 Å². The topological polar surface area (TPSA) is 60.0 Å². The number of likely N-dealkylation sites (N-methyl/N-ethyl adjacent to an activating group) is 1. The minimum atomic E-state index is 0.276. The first-order valence-corrected chi connectivity index (χ1v) is 10.7. The summed E-state index contributed by atoms with van der Waals surface area (Å²) >= 11 is 0. The SMILES string of the molecule is CCCN(CC)CCNC(=NC)NC1CCN(C(=O)C2CCCCC2)C1. The predicted molar refractivity (Wildman–Crippen MR) is 108 cm³/mol. The summed E-state index contributed by atoms with van der Waals surface area (Å²) in [4.78, 5) is 21.6. The molecule has 2 fully saturated rings. The molecule has 1 unspecified atom stereocenters. The van der Waals surface area contributed by atoms with Gasteiger partial charge in [0.1, 0.15) is 0 Å². The van der Waals surface area contributed by atoms with Gasteiger partial charge >= 0.3 is 0 Å². The van der Waals surface area contributed by atoms with Gasteiger partial charge in [-0.2, -0.15) is 0 Å². The molecule has 2 aliphatic rings. The van der Waals surface area contributed by atoms with E-state index in [1.54, 1.807) is 0 Å². The zero-order chi connectivity index (χ0) is 18.8. The molecule has 1 amide bonds. The third kappa shape index (κ3) is 6.45. The van der Waals surface area contributed by atoms with Crippen LogP contribution in [0.3, 0.4) is 0 Å². The monoisotopic (exact) mass is 365 g/mol. The van der Waals surface area contributed by atoms with Gasteiger partial charge in [-0.15, -0.1) is 0 Å². The van der Waals surface area contributed by atoms with Gasteiger partial charge in [0, 0.05) is 45.2 Å². The summed E-state index contributed by atoms with van der Waals surface area (Å²) in [5.41, 5.74) is 0. The summed E-state index contributed by atoms with van der Waals surface area (Å²) in [7, 11) is 1.82. The van der Waals surface area contributed by atoms with Crippen molar-refractivity contribution < 1.29 is 4.79 Å². The highest BCUT2D eigenvalue weighted by Crippen LogP contribution is 2.26. The Bertz CT molecular complexity index is 447. The first kappa shape index (κ1) is 21.0. The van der Waals surface area contributed by atoms with E-state index in [4.69, 9.17) is 0 Å². The number of likely N-dealkylation sites (tertiary alicyclic amines) is 1. The van der Waals surface area contributed by atoms with E-state index >= 15 is 0 Å². The second-order valence-electron chi connectivity index (χ2n) is 7.68. The van der Waals surface area contributed by atoms with E-state index < -0.39 is 0 Å². The number of rotatable bonds is 8. The molecule has 6 nitrogen and oxygen atoms in total. The lowest BCUT2D eigenvalue weighted by Gasteiger charge is -2.26. The lowest BCUT2D eigenvalue weighted by atomic mass is 9.88. The summed E-state index contributed by atoms with van der Waals surface area (Å²) in [6, 6.07) is 0.312. The smallest absolute Gasteiger partial charge is 0.225 e. The molecule has 1 saturated heterocycles. The normalized spacial score (nSPS) is 22.1. The van der Waals surface area contributed by atoms with Crippen molar-refractivity contribution in [1.29, 1.82) is 0 Å². The van der Waals surface area contributed by atoms with Gasteiger partial charge in [0.25, 0.3) is 0 Å². The average molecular weight is 366 g/mol. The molecule has 1 atom stereocenters. The third-order valence-corrected chi connectivity index (χ3v) is 5.73. The van der Waals surface area contributed by atoms with Crippen LogP contribution in [-0.4, -0.2) is 74.0 Å². The second kappa shape index (κ2) is 11.4. The molecular formula is C20H39N5O. The van der Waals surface area contributed by atoms with Gasteiger partial charge in [0.2, 0.25) is 5.91 Å². The number of hydrogen-bond acceptors (Lipinski definition) is 3. The number of hydrogen-bond donors (Lipinski definition) is 2. The number of amides is 1. The van der Waals surface area contributed by atoms with E-state index in [9.17, 15) is 4.79 Å². The van der Waals surface area contributed by atoms with E-state index in [2.05, 4.69) is 39.3 Å². The molecule has 0 bridgehead atoms. The first-order valence-electron chi connectivity index (χ1n) is 10.7. The third-order valence-electron chi connectivity index (χ3n) is 5.73. The van der Waals surface area contributed by atoms with Gasteiger partial charge in [0.15, 0.2) is 5.96 Å². The summed E-state index contributed by atoms with van der Waals surface area (Å²) < 4.78 is 0. The molecule has 2 rings (SSSR count). The second-order valence-corrected chi connectivity index (χ2v) is 7.68. The van der Waals surface area contributed by atoms with Crippen LogP contribution >= 0.6 is 0 Å². The highest BCUT2D eigenvalue weighted by molar-refractivity contribution is 5.81. The van der Waals surface area contributed by atoms with Crippen LogP contribution in [-0.2, 0) is 4.79 Å². The van der Waals surface area contributed by atoms with Gasteiger partial charge in [-0.05, 0) is 38.8 Å². The molecule has 6 heteroatoms. The molecular weight excluding hydrogens is 326 g/mol. The lowest BCUT2D eigenvalue weighted by molar-refractivity contribution is -0.135. The standard InChI is InChI=1S/C20H39N5O/c1-4-13-24(5-2)15-12-22-20(21-3)23-18-11-14-25(16-18)19(26)17-9-7-6-8-10-17/h17-18H,4-16H2,1-3H3,(H2,21,22,23). The first-order chi connectivity index (χ1) is 12.7. The van der Waals surface area contributed by atoms with Crippen LogP contribution in [0.5, 0.6) is 0 Å². The molecule has 1 heterocycles. The molecule has 0 aromatic rings. The number of nitrogens with zero attached hydrogens (tertiary/aromatic N) is 3. The van der Waals surface area contributed by atoms with Crippen molar-refractivity contribution in [2.24, 2.45) is 10.9 Å².